The molecule has 1 heterocycles. The van der Waals surface area contributed by atoms with Crippen LogP contribution in [-0.4, -0.2) is 31.2 Å². The summed E-state index contributed by atoms with van der Waals surface area (Å²) in [5, 5.41) is 2.72. The van der Waals surface area contributed by atoms with Crippen LogP contribution in [0.2, 0.25) is 0 Å². The first-order chi connectivity index (χ1) is 10.6. The molecule has 1 amide bonds. The molecule has 1 N–H and O–H groups in total. The molecule has 0 saturated heterocycles. The fourth-order valence-electron chi connectivity index (χ4n) is 2.33. The van der Waals surface area contributed by atoms with Crippen molar-refractivity contribution in [3.8, 4) is 11.5 Å². The van der Waals surface area contributed by atoms with Crippen LogP contribution in [0.5, 0.6) is 11.5 Å². The molecule has 1 aliphatic heterocycles. The lowest BCUT2D eigenvalue weighted by atomic mass is 9.86. The highest BCUT2D eigenvalue weighted by Crippen LogP contribution is 2.32. The number of amides is 1. The lowest BCUT2D eigenvalue weighted by Gasteiger charge is -2.25. The summed E-state index contributed by atoms with van der Waals surface area (Å²) in [4.78, 5) is 23.8. The van der Waals surface area contributed by atoms with Gasteiger partial charge in [-0.25, -0.2) is 0 Å². The van der Waals surface area contributed by atoms with E-state index in [9.17, 15) is 9.59 Å². The van der Waals surface area contributed by atoms with Gasteiger partial charge in [-0.05, 0) is 31.9 Å². The topological polar surface area (TPSA) is 73.9 Å². The van der Waals surface area contributed by atoms with Gasteiger partial charge in [0.25, 0.3) is 5.91 Å². The minimum atomic E-state index is -0.818. The van der Waals surface area contributed by atoms with E-state index in [1.165, 1.54) is 0 Å². The standard InChI is InChI=1S/C16H19NO5/c1-10(22-16(19)11-3-2-4-11)15(18)17-12-5-6-13-14(9-12)21-8-7-20-13/h5-6,9-11H,2-4,7-8H2,1H3,(H,17,18)/t10-/m1/s1. The smallest absolute Gasteiger partial charge is 0.309 e. The fraction of sp³-hybridized carbons (Fsp3) is 0.500. The quantitative estimate of drug-likeness (QED) is 0.863. The van der Waals surface area contributed by atoms with Crippen LogP contribution in [-0.2, 0) is 14.3 Å². The van der Waals surface area contributed by atoms with Crippen molar-refractivity contribution in [1.82, 2.24) is 0 Å². The maximum absolute atomic E-state index is 12.1. The zero-order valence-corrected chi connectivity index (χ0v) is 12.5. The molecule has 2 aliphatic rings. The van der Waals surface area contributed by atoms with E-state index < -0.39 is 6.10 Å². The average molecular weight is 305 g/mol. The van der Waals surface area contributed by atoms with Crippen LogP contribution in [0.25, 0.3) is 0 Å². The van der Waals surface area contributed by atoms with Gasteiger partial charge in [0.15, 0.2) is 17.6 Å². The van der Waals surface area contributed by atoms with E-state index in [1.807, 2.05) is 0 Å². The molecule has 22 heavy (non-hydrogen) atoms. The molecule has 0 spiro atoms. The molecule has 1 aromatic carbocycles. The molecule has 0 radical (unpaired) electrons. The van der Waals surface area contributed by atoms with Gasteiger partial charge < -0.3 is 19.5 Å². The van der Waals surface area contributed by atoms with Crippen molar-refractivity contribution in [2.45, 2.75) is 32.3 Å². The number of nitrogens with one attached hydrogen (secondary N) is 1. The highest BCUT2D eigenvalue weighted by atomic mass is 16.6. The number of esters is 1. The number of carbonyl (C=O) groups is 2. The first kappa shape index (κ1) is 14.7. The third kappa shape index (κ3) is 3.16. The SMILES string of the molecule is C[C@@H](OC(=O)C1CCC1)C(=O)Nc1ccc2c(c1)OCCO2. The first-order valence-electron chi connectivity index (χ1n) is 7.54. The van der Waals surface area contributed by atoms with E-state index in [0.29, 0.717) is 30.4 Å². The number of ether oxygens (including phenoxy) is 3. The Morgan fingerprint density at radius 1 is 1.23 bits per heavy atom. The summed E-state index contributed by atoms with van der Waals surface area (Å²) in [5.41, 5.74) is 0.584. The summed E-state index contributed by atoms with van der Waals surface area (Å²) >= 11 is 0. The van der Waals surface area contributed by atoms with Crippen LogP contribution in [0.4, 0.5) is 5.69 Å². The van der Waals surface area contributed by atoms with E-state index in [-0.39, 0.29) is 17.8 Å². The zero-order valence-electron chi connectivity index (χ0n) is 12.5. The summed E-state index contributed by atoms with van der Waals surface area (Å²) in [6, 6.07) is 5.17. The normalized spacial score (nSPS) is 18.0. The molecule has 1 aromatic rings. The van der Waals surface area contributed by atoms with E-state index in [4.69, 9.17) is 14.2 Å². The Hall–Kier alpha value is -2.24. The monoisotopic (exact) mass is 305 g/mol. The Morgan fingerprint density at radius 3 is 2.64 bits per heavy atom. The van der Waals surface area contributed by atoms with Crippen molar-refractivity contribution < 1.29 is 23.8 Å². The molecule has 1 saturated carbocycles. The maximum atomic E-state index is 12.1. The van der Waals surface area contributed by atoms with Gasteiger partial charge in [0.1, 0.15) is 13.2 Å². The summed E-state index contributed by atoms with van der Waals surface area (Å²) < 4.78 is 16.1. The van der Waals surface area contributed by atoms with E-state index in [0.717, 1.165) is 19.3 Å². The third-order valence-corrected chi connectivity index (χ3v) is 3.91. The van der Waals surface area contributed by atoms with Crippen LogP contribution in [0, 0.1) is 5.92 Å². The van der Waals surface area contributed by atoms with Crippen LogP contribution in [0.15, 0.2) is 18.2 Å². The summed E-state index contributed by atoms with van der Waals surface area (Å²) in [6.45, 7) is 2.58. The molecule has 1 fully saturated rings. The van der Waals surface area contributed by atoms with Gasteiger partial charge >= 0.3 is 5.97 Å². The lowest BCUT2D eigenvalue weighted by Crippen LogP contribution is -2.34. The Bertz CT molecular complexity index is 582. The van der Waals surface area contributed by atoms with Crippen LogP contribution in [0.3, 0.4) is 0 Å². The van der Waals surface area contributed by atoms with Crippen molar-refractivity contribution in [2.24, 2.45) is 5.92 Å². The van der Waals surface area contributed by atoms with E-state index in [1.54, 1.807) is 25.1 Å². The Morgan fingerprint density at radius 2 is 1.95 bits per heavy atom. The molecule has 0 unspecified atom stereocenters. The molecule has 0 bridgehead atoms. The number of hydrogen-bond acceptors (Lipinski definition) is 5. The highest BCUT2D eigenvalue weighted by Gasteiger charge is 2.29. The van der Waals surface area contributed by atoms with Crippen LogP contribution < -0.4 is 14.8 Å². The van der Waals surface area contributed by atoms with E-state index >= 15 is 0 Å². The highest BCUT2D eigenvalue weighted by molar-refractivity contribution is 5.95. The molecule has 1 atom stereocenters. The van der Waals surface area contributed by atoms with Crippen LogP contribution >= 0.6 is 0 Å². The van der Waals surface area contributed by atoms with Crippen molar-refractivity contribution in [2.75, 3.05) is 18.5 Å². The number of anilines is 1. The minimum Gasteiger partial charge on any atom is -0.486 e. The van der Waals surface area contributed by atoms with E-state index in [2.05, 4.69) is 5.32 Å². The number of fused-ring (bicyclic) bond motifs is 1. The predicted molar refractivity (Wildman–Crippen MR) is 79.0 cm³/mol. The van der Waals surface area contributed by atoms with Gasteiger partial charge in [0, 0.05) is 11.8 Å². The number of carbonyl (C=O) groups excluding carboxylic acids is 2. The summed E-state index contributed by atoms with van der Waals surface area (Å²) in [5.74, 6) is 0.585. The average Bonchev–Trinajstić information content (AvgIpc) is 2.45. The number of hydrogen-bond donors (Lipinski definition) is 1. The van der Waals surface area contributed by atoms with Gasteiger partial charge in [-0.2, -0.15) is 0 Å². The second-order valence-corrected chi connectivity index (χ2v) is 5.55. The van der Waals surface area contributed by atoms with Crippen LogP contribution in [0.1, 0.15) is 26.2 Å². The third-order valence-electron chi connectivity index (χ3n) is 3.91. The molecule has 3 rings (SSSR count). The molecule has 6 heteroatoms. The maximum Gasteiger partial charge on any atom is 0.309 e. The first-order valence-corrected chi connectivity index (χ1v) is 7.54. The number of benzene rings is 1. The molecule has 1 aliphatic carbocycles. The van der Waals surface area contributed by atoms with Crippen molar-refractivity contribution >= 4 is 17.6 Å². The second-order valence-electron chi connectivity index (χ2n) is 5.55. The Labute approximate surface area is 128 Å². The van der Waals surface area contributed by atoms with Crippen molar-refractivity contribution in [1.29, 1.82) is 0 Å². The number of rotatable bonds is 4. The van der Waals surface area contributed by atoms with Gasteiger partial charge in [0.05, 0.1) is 5.92 Å². The largest absolute Gasteiger partial charge is 0.486 e. The van der Waals surface area contributed by atoms with Gasteiger partial charge in [-0.3, -0.25) is 9.59 Å². The van der Waals surface area contributed by atoms with Crippen molar-refractivity contribution in [3.05, 3.63) is 18.2 Å². The van der Waals surface area contributed by atoms with Gasteiger partial charge in [-0.15, -0.1) is 0 Å². The van der Waals surface area contributed by atoms with Gasteiger partial charge in [-0.1, -0.05) is 6.42 Å². The predicted octanol–water partition coefficient (Wildman–Crippen LogP) is 2.13. The molecule has 6 nitrogen and oxygen atoms in total. The molecule has 118 valence electrons. The lowest BCUT2D eigenvalue weighted by molar-refractivity contribution is -0.159. The Balaban J connectivity index is 1.57. The second kappa shape index (κ2) is 6.25. The molecule has 0 aromatic heterocycles. The molecular weight excluding hydrogens is 286 g/mol. The zero-order chi connectivity index (χ0) is 15.5. The Kier molecular flexibility index (Phi) is 4.18. The molecular formula is C16H19NO5. The summed E-state index contributed by atoms with van der Waals surface area (Å²) in [6.07, 6.45) is 1.95. The fourth-order valence-corrected chi connectivity index (χ4v) is 2.33. The van der Waals surface area contributed by atoms with Crippen molar-refractivity contribution in [3.63, 3.8) is 0 Å². The van der Waals surface area contributed by atoms with Gasteiger partial charge in [0.2, 0.25) is 0 Å². The minimum absolute atomic E-state index is 0.0375. The summed E-state index contributed by atoms with van der Waals surface area (Å²) in [7, 11) is 0.